The highest BCUT2D eigenvalue weighted by Crippen LogP contribution is 2.35. The molecule has 4 fully saturated rings. The normalized spacial score (nSPS) is 31.3. The Balaban J connectivity index is 0.000000144. The molecule has 0 aromatic heterocycles. The summed E-state index contributed by atoms with van der Waals surface area (Å²) in [6.07, 6.45) is 12.8. The number of nitrogens with one attached hydrogen (secondary N) is 2. The van der Waals surface area contributed by atoms with Gasteiger partial charge >= 0.3 is 0 Å². The first-order valence-electron chi connectivity index (χ1n) is 12.6. The van der Waals surface area contributed by atoms with Crippen LogP contribution in [0.1, 0.15) is 85.7 Å². The highest BCUT2D eigenvalue weighted by molar-refractivity contribution is 6.05. The van der Waals surface area contributed by atoms with Gasteiger partial charge in [0.05, 0.1) is 12.2 Å². The Morgan fingerprint density at radius 3 is 2.55 bits per heavy atom. The van der Waals surface area contributed by atoms with E-state index < -0.39 is 6.04 Å². The zero-order chi connectivity index (χ0) is 22.9. The van der Waals surface area contributed by atoms with E-state index in [0.717, 1.165) is 17.2 Å². The zero-order valence-corrected chi connectivity index (χ0v) is 19.5. The predicted molar refractivity (Wildman–Crippen MR) is 124 cm³/mol. The van der Waals surface area contributed by atoms with Crippen molar-refractivity contribution < 1.29 is 19.1 Å². The van der Waals surface area contributed by atoms with Crippen LogP contribution in [0.25, 0.3) is 0 Å². The van der Waals surface area contributed by atoms with Gasteiger partial charge in [0, 0.05) is 30.6 Å². The number of piperidine rings is 1. The molecule has 5 aliphatic rings. The summed E-state index contributed by atoms with van der Waals surface area (Å²) in [5.74, 6) is -0.750. The van der Waals surface area contributed by atoms with Gasteiger partial charge in [0.1, 0.15) is 6.04 Å². The number of benzene rings is 1. The molecule has 3 amide bonds. The standard InChI is InChI=1S/C14H14N2O3.C12H21NO/c1-8-2-3-10-9(6-8)7-16(14(10)19)11-4-5-12(17)15-13(11)18;1-2-4-9(5-3-1)13-11-8-10-6-7-12(11)14-10/h2-3,6,11H,4-5,7H2,1H3,(H,15,17,18);9-13H,1-8H2. The van der Waals surface area contributed by atoms with Gasteiger partial charge in [0.15, 0.2) is 0 Å². The van der Waals surface area contributed by atoms with Crippen molar-refractivity contribution in [2.75, 3.05) is 0 Å². The Morgan fingerprint density at radius 1 is 1.03 bits per heavy atom. The third kappa shape index (κ3) is 4.85. The van der Waals surface area contributed by atoms with E-state index in [1.165, 1.54) is 51.4 Å². The van der Waals surface area contributed by atoms with Crippen LogP contribution in [-0.4, -0.2) is 53.0 Å². The van der Waals surface area contributed by atoms with Crippen LogP contribution >= 0.6 is 0 Å². The number of amides is 3. The molecule has 1 aromatic rings. The molecule has 7 nitrogen and oxygen atoms in total. The summed E-state index contributed by atoms with van der Waals surface area (Å²) >= 11 is 0. The third-order valence-corrected chi connectivity index (χ3v) is 7.84. The topological polar surface area (TPSA) is 87.7 Å². The van der Waals surface area contributed by atoms with E-state index in [1.807, 2.05) is 19.1 Å². The largest absolute Gasteiger partial charge is 0.373 e. The molecule has 0 spiro atoms. The quantitative estimate of drug-likeness (QED) is 0.687. The predicted octanol–water partition coefficient (Wildman–Crippen LogP) is 2.98. The summed E-state index contributed by atoms with van der Waals surface area (Å²) in [7, 11) is 0. The molecule has 1 saturated carbocycles. The first-order chi connectivity index (χ1) is 16.0. The average molecular weight is 454 g/mol. The van der Waals surface area contributed by atoms with Crippen molar-refractivity contribution >= 4 is 17.7 Å². The third-order valence-electron chi connectivity index (χ3n) is 7.84. The van der Waals surface area contributed by atoms with Crippen molar-refractivity contribution in [1.29, 1.82) is 0 Å². The Morgan fingerprint density at radius 2 is 1.85 bits per heavy atom. The van der Waals surface area contributed by atoms with E-state index in [-0.39, 0.29) is 24.1 Å². The Hall–Kier alpha value is -2.25. The van der Waals surface area contributed by atoms with E-state index in [2.05, 4.69) is 10.6 Å². The Labute approximate surface area is 195 Å². The maximum atomic E-state index is 12.3. The fraction of sp³-hybridized carbons (Fsp3) is 0.654. The van der Waals surface area contributed by atoms with Crippen LogP contribution in [0.2, 0.25) is 0 Å². The fourth-order valence-electron chi connectivity index (χ4n) is 6.09. The van der Waals surface area contributed by atoms with Gasteiger partial charge in [-0.1, -0.05) is 37.0 Å². The number of imide groups is 1. The van der Waals surface area contributed by atoms with Crippen molar-refractivity contribution in [3.8, 4) is 0 Å². The van der Waals surface area contributed by atoms with E-state index >= 15 is 0 Å². The Bertz CT molecular complexity index is 926. The van der Waals surface area contributed by atoms with Crippen LogP contribution in [0.5, 0.6) is 0 Å². The number of fused-ring (bicyclic) bond motifs is 3. The summed E-state index contributed by atoms with van der Waals surface area (Å²) in [6.45, 7) is 2.42. The van der Waals surface area contributed by atoms with Crippen LogP contribution in [0.3, 0.4) is 0 Å². The molecule has 2 bridgehead atoms. The number of carbonyl (C=O) groups excluding carboxylic acids is 3. The smallest absolute Gasteiger partial charge is 0.255 e. The van der Waals surface area contributed by atoms with Crippen LogP contribution < -0.4 is 10.6 Å². The molecule has 33 heavy (non-hydrogen) atoms. The lowest BCUT2D eigenvalue weighted by Gasteiger charge is -2.29. The van der Waals surface area contributed by atoms with Crippen molar-refractivity contribution in [3.05, 3.63) is 34.9 Å². The second-order valence-electron chi connectivity index (χ2n) is 10.3. The van der Waals surface area contributed by atoms with E-state index in [0.29, 0.717) is 36.8 Å². The molecule has 0 radical (unpaired) electrons. The molecule has 178 valence electrons. The lowest BCUT2D eigenvalue weighted by atomic mass is 9.91. The minimum atomic E-state index is -0.530. The van der Waals surface area contributed by atoms with E-state index in [4.69, 9.17) is 4.74 Å². The van der Waals surface area contributed by atoms with Crippen molar-refractivity contribution in [2.45, 2.75) is 108 Å². The van der Waals surface area contributed by atoms with Gasteiger partial charge < -0.3 is 15.0 Å². The molecular formula is C26H35N3O4. The highest BCUT2D eigenvalue weighted by Gasteiger charge is 2.41. The number of aryl methyl sites for hydroxylation is 1. The van der Waals surface area contributed by atoms with Gasteiger partial charge in [-0.25, -0.2) is 0 Å². The van der Waals surface area contributed by atoms with Gasteiger partial charge in [0.2, 0.25) is 11.8 Å². The lowest BCUT2D eigenvalue weighted by molar-refractivity contribution is -0.136. The van der Waals surface area contributed by atoms with E-state index in [9.17, 15) is 14.4 Å². The van der Waals surface area contributed by atoms with E-state index in [1.54, 1.807) is 11.0 Å². The maximum absolute atomic E-state index is 12.3. The molecule has 6 rings (SSSR count). The van der Waals surface area contributed by atoms with Gasteiger partial charge in [-0.3, -0.25) is 19.7 Å². The molecule has 2 N–H and O–H groups in total. The number of hydrogen-bond acceptors (Lipinski definition) is 5. The molecule has 1 aromatic carbocycles. The molecule has 4 aliphatic heterocycles. The average Bonchev–Trinajstić information content (AvgIpc) is 3.50. The van der Waals surface area contributed by atoms with Gasteiger partial charge in [0.25, 0.3) is 5.91 Å². The summed E-state index contributed by atoms with van der Waals surface area (Å²) in [5, 5.41) is 6.12. The minimum Gasteiger partial charge on any atom is -0.373 e. The highest BCUT2D eigenvalue weighted by atomic mass is 16.5. The number of rotatable bonds is 3. The SMILES string of the molecule is C1CCC(NC2CC3CCC2O3)CC1.Cc1ccc2c(c1)CN(C1CCC(=O)NC1=O)C2=O. The summed E-state index contributed by atoms with van der Waals surface area (Å²) in [5.41, 5.74) is 2.71. The van der Waals surface area contributed by atoms with Gasteiger partial charge in [-0.15, -0.1) is 0 Å². The van der Waals surface area contributed by atoms with Gasteiger partial charge in [-0.2, -0.15) is 0 Å². The number of ether oxygens (including phenoxy) is 1. The lowest BCUT2D eigenvalue weighted by Crippen LogP contribution is -2.52. The monoisotopic (exact) mass is 453 g/mol. The first kappa shape index (κ1) is 22.5. The van der Waals surface area contributed by atoms with Crippen LogP contribution in [0.4, 0.5) is 0 Å². The summed E-state index contributed by atoms with van der Waals surface area (Å²) in [4.78, 5) is 36.8. The minimum absolute atomic E-state index is 0.121. The number of carbonyl (C=O) groups is 3. The van der Waals surface area contributed by atoms with Crippen molar-refractivity contribution in [2.24, 2.45) is 0 Å². The molecule has 3 saturated heterocycles. The molecule has 1 aliphatic carbocycles. The summed E-state index contributed by atoms with van der Waals surface area (Å²) < 4.78 is 5.86. The molecule has 4 heterocycles. The first-order valence-corrected chi connectivity index (χ1v) is 12.6. The maximum Gasteiger partial charge on any atom is 0.255 e. The fourth-order valence-corrected chi connectivity index (χ4v) is 6.09. The molecule has 4 unspecified atom stereocenters. The molecule has 4 atom stereocenters. The second kappa shape index (κ2) is 9.55. The van der Waals surface area contributed by atoms with Crippen LogP contribution in [-0.2, 0) is 20.9 Å². The van der Waals surface area contributed by atoms with Crippen LogP contribution in [0.15, 0.2) is 18.2 Å². The molecular weight excluding hydrogens is 418 g/mol. The number of nitrogens with zero attached hydrogens (tertiary/aromatic N) is 1. The summed E-state index contributed by atoms with van der Waals surface area (Å²) in [6, 6.07) is 6.63. The number of hydrogen-bond donors (Lipinski definition) is 2. The molecule has 7 heteroatoms. The second-order valence-corrected chi connectivity index (χ2v) is 10.3. The Kier molecular flexibility index (Phi) is 6.52. The van der Waals surface area contributed by atoms with Gasteiger partial charge in [-0.05, 0) is 57.1 Å². The van der Waals surface area contributed by atoms with Crippen LogP contribution in [0, 0.1) is 6.92 Å². The van der Waals surface area contributed by atoms with Crippen molar-refractivity contribution in [3.63, 3.8) is 0 Å². The zero-order valence-electron chi connectivity index (χ0n) is 19.5. The van der Waals surface area contributed by atoms with Crippen molar-refractivity contribution in [1.82, 2.24) is 15.5 Å².